The van der Waals surface area contributed by atoms with E-state index in [0.717, 1.165) is 27.1 Å². The first-order valence-electron chi connectivity index (χ1n) is 17.2. The fourth-order valence-electron chi connectivity index (χ4n) is 6.13. The Morgan fingerprint density at radius 1 is 0.920 bits per heavy atom. The van der Waals surface area contributed by atoms with Gasteiger partial charge in [0.2, 0.25) is 0 Å². The van der Waals surface area contributed by atoms with Crippen LogP contribution in [-0.2, 0) is 43.0 Å². The molecule has 1 aliphatic heterocycles. The van der Waals surface area contributed by atoms with E-state index in [1.165, 1.54) is 13.3 Å². The van der Waals surface area contributed by atoms with E-state index in [0.29, 0.717) is 25.9 Å². The Hall–Kier alpha value is -4.35. The smallest absolute Gasteiger partial charge is 0.340 e. The summed E-state index contributed by atoms with van der Waals surface area (Å²) < 4.78 is 21.4. The Labute approximate surface area is 293 Å². The highest BCUT2D eigenvalue weighted by Gasteiger charge is 2.43. The molecule has 11 heteroatoms. The number of esters is 3. The lowest BCUT2D eigenvalue weighted by molar-refractivity contribution is -0.160. The highest BCUT2D eigenvalue weighted by Crippen LogP contribution is 2.38. The van der Waals surface area contributed by atoms with E-state index in [4.69, 9.17) is 23.8 Å². The van der Waals surface area contributed by atoms with Crippen LogP contribution in [0, 0.1) is 22.7 Å². The van der Waals surface area contributed by atoms with Crippen molar-refractivity contribution in [2.75, 3.05) is 33.5 Å². The number of aliphatic hydroxyl groups is 1. The van der Waals surface area contributed by atoms with Crippen molar-refractivity contribution in [3.63, 3.8) is 0 Å². The fourth-order valence-corrected chi connectivity index (χ4v) is 6.13. The number of nitrogens with zero attached hydrogens (tertiary/aromatic N) is 1. The molecule has 4 unspecified atom stereocenters. The van der Waals surface area contributed by atoms with Gasteiger partial charge in [-0.05, 0) is 86.9 Å². The molecule has 3 aromatic rings. The molecule has 50 heavy (non-hydrogen) atoms. The number of epoxide rings is 1. The lowest BCUT2D eigenvalue weighted by atomic mass is 9.73. The van der Waals surface area contributed by atoms with E-state index in [1.54, 1.807) is 20.8 Å². The lowest BCUT2D eigenvalue weighted by Crippen LogP contribution is -2.37. The Morgan fingerprint density at radius 3 is 2.10 bits per heavy atom. The number of hydrogen-bond donors (Lipinski definition) is 1. The van der Waals surface area contributed by atoms with Gasteiger partial charge in [-0.1, -0.05) is 60.6 Å². The molecule has 0 bridgehead atoms. The van der Waals surface area contributed by atoms with Crippen molar-refractivity contribution >= 4 is 51.6 Å². The average Bonchev–Trinajstić information content (AvgIpc) is 3.95. The molecule has 0 amide bonds. The third kappa shape index (κ3) is 10.1. The lowest BCUT2D eigenvalue weighted by Gasteiger charge is -2.32. The highest BCUT2D eigenvalue weighted by molar-refractivity contribution is 6.13. The zero-order valence-corrected chi connectivity index (χ0v) is 29.6. The number of fused-ring (bicyclic) bond motifs is 2. The predicted octanol–water partition coefficient (Wildman–Crippen LogP) is 6.15. The third-order valence-corrected chi connectivity index (χ3v) is 9.44. The summed E-state index contributed by atoms with van der Waals surface area (Å²) >= 11 is 0. The Bertz CT molecular complexity index is 1630. The normalized spacial score (nSPS) is 16.8. The van der Waals surface area contributed by atoms with Crippen LogP contribution in [0.2, 0.25) is 0 Å². The summed E-state index contributed by atoms with van der Waals surface area (Å²) in [6.45, 7) is 7.40. The topological polar surface area (TPSA) is 150 Å². The summed E-state index contributed by atoms with van der Waals surface area (Å²) in [7, 11) is 1.29. The zero-order chi connectivity index (χ0) is 36.3. The number of methoxy groups -OCH3 is 1. The number of carbonyl (C=O) groups is 4. The second-order valence-corrected chi connectivity index (χ2v) is 13.9. The SMILES string of the molecule is CCC(C)(CC(CC(CC(C)(C)C(=O)O/N=C/c1c2ccccc2cc2ccccc12)C(=O)OCCCCO)C(=O)OCC1CO1)C(=O)OC. The summed E-state index contributed by atoms with van der Waals surface area (Å²) in [6.07, 6.45) is 2.61. The monoisotopic (exact) mass is 691 g/mol. The molecule has 270 valence electrons. The number of oxime groups is 1. The molecular weight excluding hydrogens is 642 g/mol. The van der Waals surface area contributed by atoms with E-state index >= 15 is 0 Å². The third-order valence-electron chi connectivity index (χ3n) is 9.44. The van der Waals surface area contributed by atoms with Crippen LogP contribution in [0.3, 0.4) is 0 Å². The zero-order valence-electron chi connectivity index (χ0n) is 29.6. The van der Waals surface area contributed by atoms with Gasteiger partial charge in [0.05, 0.1) is 49.2 Å². The summed E-state index contributed by atoms with van der Waals surface area (Å²) in [5, 5.41) is 17.2. The van der Waals surface area contributed by atoms with Gasteiger partial charge in [0.1, 0.15) is 12.7 Å². The minimum atomic E-state index is -1.24. The number of aliphatic hydroxyl groups excluding tert-OH is 1. The first-order chi connectivity index (χ1) is 23.9. The van der Waals surface area contributed by atoms with Gasteiger partial charge in [0.25, 0.3) is 0 Å². The van der Waals surface area contributed by atoms with Crippen molar-refractivity contribution in [3.05, 3.63) is 60.2 Å². The van der Waals surface area contributed by atoms with Crippen molar-refractivity contribution in [2.45, 2.75) is 72.3 Å². The van der Waals surface area contributed by atoms with Crippen LogP contribution in [-0.4, -0.2) is 74.8 Å². The van der Waals surface area contributed by atoms with E-state index in [-0.39, 0.29) is 45.2 Å². The van der Waals surface area contributed by atoms with Gasteiger partial charge in [-0.2, -0.15) is 0 Å². The molecule has 4 atom stereocenters. The Kier molecular flexibility index (Phi) is 13.5. The Balaban J connectivity index is 1.56. The van der Waals surface area contributed by atoms with Crippen molar-refractivity contribution in [1.29, 1.82) is 0 Å². The van der Waals surface area contributed by atoms with Gasteiger partial charge < -0.3 is 28.9 Å². The molecule has 1 N–H and O–H groups in total. The van der Waals surface area contributed by atoms with Crippen molar-refractivity contribution < 1.29 is 48.1 Å². The first kappa shape index (κ1) is 38.5. The number of carbonyl (C=O) groups excluding carboxylic acids is 4. The quantitative estimate of drug-likeness (QED) is 0.0227. The van der Waals surface area contributed by atoms with E-state index in [1.807, 2.05) is 55.5 Å². The molecule has 0 aromatic heterocycles. The number of benzene rings is 3. The molecule has 4 rings (SSSR count). The number of rotatable bonds is 19. The minimum absolute atomic E-state index is 0.0338. The van der Waals surface area contributed by atoms with Crippen LogP contribution in [0.25, 0.3) is 21.5 Å². The standard InChI is InChI=1S/C39H49NO10/c1-6-39(4,37(45)46-5)22-29(35(43)49-25-30-24-48-30)20-28(34(42)47-18-12-11-17-41)21-38(2,3)36(44)50-40-23-33-31-15-9-7-13-26(31)19-27-14-8-10-16-32(27)33/h7-10,13-16,19,23,28-30,41H,6,11-12,17-18,20-22,24-25H2,1-5H3/b40-23+. The van der Waals surface area contributed by atoms with E-state index < -0.39 is 46.5 Å². The summed E-state index contributed by atoms with van der Waals surface area (Å²) in [5.74, 6) is -4.16. The molecule has 3 aromatic carbocycles. The van der Waals surface area contributed by atoms with E-state index in [9.17, 15) is 24.3 Å². The number of unbranched alkanes of at least 4 members (excludes halogenated alkanes) is 1. The van der Waals surface area contributed by atoms with Crippen LogP contribution in [0.1, 0.15) is 71.8 Å². The van der Waals surface area contributed by atoms with Gasteiger partial charge in [-0.25, -0.2) is 4.79 Å². The number of hydrogen-bond acceptors (Lipinski definition) is 11. The van der Waals surface area contributed by atoms with Gasteiger partial charge in [0.15, 0.2) is 0 Å². The van der Waals surface area contributed by atoms with Crippen LogP contribution in [0.4, 0.5) is 0 Å². The molecule has 1 heterocycles. The maximum atomic E-state index is 13.6. The fraction of sp³-hybridized carbons (Fsp3) is 0.513. The minimum Gasteiger partial charge on any atom is -0.469 e. The maximum absolute atomic E-state index is 13.6. The second-order valence-electron chi connectivity index (χ2n) is 13.9. The van der Waals surface area contributed by atoms with Crippen LogP contribution < -0.4 is 0 Å². The molecule has 11 nitrogen and oxygen atoms in total. The molecule has 0 aliphatic carbocycles. The van der Waals surface area contributed by atoms with Gasteiger partial charge in [-0.15, -0.1) is 0 Å². The number of ether oxygens (including phenoxy) is 4. The van der Waals surface area contributed by atoms with Gasteiger partial charge in [0, 0.05) is 12.2 Å². The van der Waals surface area contributed by atoms with Crippen LogP contribution in [0.5, 0.6) is 0 Å². The van der Waals surface area contributed by atoms with Crippen molar-refractivity contribution in [1.82, 2.24) is 0 Å². The van der Waals surface area contributed by atoms with Crippen molar-refractivity contribution in [2.24, 2.45) is 27.8 Å². The maximum Gasteiger partial charge on any atom is 0.340 e. The van der Waals surface area contributed by atoms with Crippen LogP contribution >= 0.6 is 0 Å². The first-order valence-corrected chi connectivity index (χ1v) is 17.2. The van der Waals surface area contributed by atoms with Gasteiger partial charge in [-0.3, -0.25) is 14.4 Å². The molecule has 0 radical (unpaired) electrons. The highest BCUT2D eigenvalue weighted by atomic mass is 16.7. The van der Waals surface area contributed by atoms with E-state index in [2.05, 4.69) is 11.2 Å². The second kappa shape index (κ2) is 17.5. The average molecular weight is 692 g/mol. The summed E-state index contributed by atoms with van der Waals surface area (Å²) in [4.78, 5) is 58.9. The molecule has 0 spiro atoms. The van der Waals surface area contributed by atoms with Crippen LogP contribution in [0.15, 0.2) is 59.8 Å². The molecule has 1 aliphatic rings. The molecule has 1 saturated heterocycles. The van der Waals surface area contributed by atoms with Crippen molar-refractivity contribution in [3.8, 4) is 0 Å². The predicted molar refractivity (Wildman–Crippen MR) is 188 cm³/mol. The summed E-state index contributed by atoms with van der Waals surface area (Å²) in [5.41, 5.74) is -1.46. The largest absolute Gasteiger partial charge is 0.469 e. The molecular formula is C39H49NO10. The summed E-state index contributed by atoms with van der Waals surface area (Å²) in [6, 6.07) is 17.9. The Morgan fingerprint density at radius 2 is 1.52 bits per heavy atom. The molecule has 0 saturated carbocycles. The van der Waals surface area contributed by atoms with Gasteiger partial charge >= 0.3 is 23.9 Å². The molecule has 1 fully saturated rings.